The first-order valence-electron chi connectivity index (χ1n) is 2.78. The van der Waals surface area contributed by atoms with E-state index < -0.39 is 23.9 Å². The number of hydrogen-bond acceptors (Lipinski definition) is 6. The summed E-state index contributed by atoms with van der Waals surface area (Å²) in [6, 6.07) is 0. The van der Waals surface area contributed by atoms with E-state index in [9.17, 15) is 4.79 Å². The van der Waals surface area contributed by atoms with Crippen LogP contribution in [0.4, 0.5) is 0 Å². The van der Waals surface area contributed by atoms with Crippen molar-refractivity contribution < 1.29 is 30.1 Å². The van der Waals surface area contributed by atoms with E-state index in [1.807, 2.05) is 0 Å². The Kier molecular flexibility index (Phi) is 3.19. The van der Waals surface area contributed by atoms with Crippen molar-refractivity contribution in [2.24, 2.45) is 5.90 Å². The Balaban J connectivity index is 4.34. The Hall–Kier alpha value is -0.665. The van der Waals surface area contributed by atoms with Gasteiger partial charge in [0, 0.05) is 0 Å². The standard InChI is InChI=1S/C4H8BNO6/c5-3(9,2(7)8)1-4(10,11)12-6/h9-11H,1,6H2,(H,7,8)/t3-/m0/s1. The van der Waals surface area contributed by atoms with Gasteiger partial charge >= 0.3 is 5.97 Å². The average Bonchev–Trinajstić information content (AvgIpc) is 1.85. The smallest absolute Gasteiger partial charge is 0.326 e. The maximum absolute atomic E-state index is 10.1. The largest absolute Gasteiger partial charge is 0.480 e. The molecule has 2 radical (unpaired) electrons. The SMILES string of the molecule is [B][C@](O)(CC(O)(O)ON)C(=O)O. The zero-order chi connectivity index (χ0) is 9.99. The minimum Gasteiger partial charge on any atom is -0.480 e. The number of aliphatic carboxylic acids is 1. The minimum atomic E-state index is -2.97. The molecule has 1 atom stereocenters. The maximum atomic E-state index is 10.1. The van der Waals surface area contributed by atoms with Crippen molar-refractivity contribution in [3.63, 3.8) is 0 Å². The lowest BCUT2D eigenvalue weighted by Gasteiger charge is -2.26. The highest BCUT2D eigenvalue weighted by Gasteiger charge is 2.40. The van der Waals surface area contributed by atoms with Crippen LogP contribution < -0.4 is 5.90 Å². The van der Waals surface area contributed by atoms with Crippen LogP contribution in [0.1, 0.15) is 6.42 Å². The number of carboxylic acid groups (broad SMARTS) is 1. The number of hydrogen-bond donors (Lipinski definition) is 5. The molecular weight excluding hydrogens is 169 g/mol. The van der Waals surface area contributed by atoms with Gasteiger partial charge in [0.05, 0.1) is 6.42 Å². The number of carbonyl (C=O) groups is 1. The van der Waals surface area contributed by atoms with Gasteiger partial charge in [0.25, 0.3) is 5.97 Å². The normalized spacial score (nSPS) is 17.0. The van der Waals surface area contributed by atoms with Crippen molar-refractivity contribution in [3.05, 3.63) is 0 Å². The third-order valence-corrected chi connectivity index (χ3v) is 1.06. The number of carboxylic acids is 1. The molecule has 0 unspecified atom stereocenters. The summed E-state index contributed by atoms with van der Waals surface area (Å²) in [5.41, 5.74) is -2.80. The van der Waals surface area contributed by atoms with Gasteiger partial charge in [-0.2, -0.15) is 0 Å². The molecule has 12 heavy (non-hydrogen) atoms. The van der Waals surface area contributed by atoms with E-state index in [2.05, 4.69) is 10.7 Å². The summed E-state index contributed by atoms with van der Waals surface area (Å²) in [5.74, 6) is -0.443. The Morgan fingerprint density at radius 2 is 1.92 bits per heavy atom. The van der Waals surface area contributed by atoms with Crippen molar-refractivity contribution in [2.75, 3.05) is 0 Å². The van der Waals surface area contributed by atoms with Gasteiger partial charge in [0.15, 0.2) is 0 Å². The second-order valence-electron chi connectivity index (χ2n) is 2.27. The lowest BCUT2D eigenvalue weighted by molar-refractivity contribution is -0.352. The highest BCUT2D eigenvalue weighted by atomic mass is 16.8. The van der Waals surface area contributed by atoms with Gasteiger partial charge in [0.1, 0.15) is 13.3 Å². The van der Waals surface area contributed by atoms with Gasteiger partial charge in [-0.1, -0.05) is 0 Å². The summed E-state index contributed by atoms with van der Waals surface area (Å²) in [6.07, 6.45) is -1.17. The molecule has 0 saturated carbocycles. The number of aliphatic hydroxyl groups is 3. The van der Waals surface area contributed by atoms with E-state index in [1.165, 1.54) is 0 Å². The third-order valence-electron chi connectivity index (χ3n) is 1.06. The fourth-order valence-corrected chi connectivity index (χ4v) is 0.468. The van der Waals surface area contributed by atoms with Crippen molar-refractivity contribution >= 4 is 13.8 Å². The van der Waals surface area contributed by atoms with Gasteiger partial charge in [-0.05, 0) is 0 Å². The van der Waals surface area contributed by atoms with Crippen LogP contribution in [0.2, 0.25) is 0 Å². The lowest BCUT2D eigenvalue weighted by Crippen LogP contribution is -2.49. The fourth-order valence-electron chi connectivity index (χ4n) is 0.468. The summed E-state index contributed by atoms with van der Waals surface area (Å²) in [5, 5.41) is 34.2. The minimum absolute atomic E-state index is 1.17. The van der Waals surface area contributed by atoms with Crippen molar-refractivity contribution in [1.82, 2.24) is 0 Å². The molecule has 0 aromatic rings. The third kappa shape index (κ3) is 3.16. The molecular formula is C4H8BNO6. The molecule has 7 nitrogen and oxygen atoms in total. The second kappa shape index (κ2) is 3.38. The summed E-state index contributed by atoms with van der Waals surface area (Å²) >= 11 is 0. The molecule has 0 aliphatic rings. The van der Waals surface area contributed by atoms with E-state index in [0.29, 0.717) is 0 Å². The Morgan fingerprint density at radius 1 is 1.50 bits per heavy atom. The zero-order valence-corrected chi connectivity index (χ0v) is 5.97. The first-order valence-corrected chi connectivity index (χ1v) is 2.78. The predicted octanol–water partition coefficient (Wildman–Crippen LogP) is -3.15. The second-order valence-corrected chi connectivity index (χ2v) is 2.27. The van der Waals surface area contributed by atoms with E-state index in [1.54, 1.807) is 0 Å². The van der Waals surface area contributed by atoms with Crippen LogP contribution in [-0.2, 0) is 9.63 Å². The van der Waals surface area contributed by atoms with Crippen molar-refractivity contribution in [2.45, 2.75) is 17.9 Å². The zero-order valence-electron chi connectivity index (χ0n) is 5.97. The molecule has 0 aromatic heterocycles. The molecule has 68 valence electrons. The first-order chi connectivity index (χ1) is 5.21. The molecule has 0 heterocycles. The summed E-state index contributed by atoms with van der Waals surface area (Å²) in [4.78, 5) is 13.7. The van der Waals surface area contributed by atoms with E-state index in [0.717, 1.165) is 0 Å². The van der Waals surface area contributed by atoms with Crippen LogP contribution in [0, 0.1) is 0 Å². The van der Waals surface area contributed by atoms with Gasteiger partial charge in [-0.25, -0.2) is 15.5 Å². The lowest BCUT2D eigenvalue weighted by atomic mass is 9.78. The summed E-state index contributed by atoms with van der Waals surface area (Å²) in [7, 11) is 4.72. The monoisotopic (exact) mass is 177 g/mol. The molecule has 0 bridgehead atoms. The molecule has 0 saturated heterocycles. The molecule has 0 aliphatic carbocycles. The highest BCUT2D eigenvalue weighted by molar-refractivity contribution is 6.25. The molecule has 6 N–H and O–H groups in total. The van der Waals surface area contributed by atoms with Crippen molar-refractivity contribution in [3.8, 4) is 0 Å². The van der Waals surface area contributed by atoms with Crippen LogP contribution in [0.25, 0.3) is 0 Å². The maximum Gasteiger partial charge on any atom is 0.326 e. The van der Waals surface area contributed by atoms with Gasteiger partial charge in [-0.15, -0.1) is 0 Å². The number of rotatable bonds is 4. The molecule has 0 spiro atoms. The van der Waals surface area contributed by atoms with E-state index >= 15 is 0 Å². The molecule has 0 fully saturated rings. The van der Waals surface area contributed by atoms with E-state index in [4.69, 9.17) is 28.3 Å². The van der Waals surface area contributed by atoms with Crippen molar-refractivity contribution in [1.29, 1.82) is 0 Å². The first kappa shape index (κ1) is 11.3. The Labute approximate surface area is 68.7 Å². The topological polar surface area (TPSA) is 133 Å². The Bertz CT molecular complexity index is 180. The molecule has 0 aliphatic heterocycles. The van der Waals surface area contributed by atoms with Crippen LogP contribution in [0.5, 0.6) is 0 Å². The van der Waals surface area contributed by atoms with Crippen LogP contribution in [-0.4, -0.2) is 45.7 Å². The quantitative estimate of drug-likeness (QED) is 0.174. The number of nitrogens with two attached hydrogens (primary N) is 1. The summed E-state index contributed by atoms with van der Waals surface area (Å²) in [6.45, 7) is 0. The van der Waals surface area contributed by atoms with Gasteiger partial charge in [0.2, 0.25) is 0 Å². The highest BCUT2D eigenvalue weighted by Crippen LogP contribution is 2.15. The fraction of sp³-hybridized carbons (Fsp3) is 0.750. The van der Waals surface area contributed by atoms with Crippen LogP contribution in [0.3, 0.4) is 0 Å². The predicted molar refractivity (Wildman–Crippen MR) is 35.4 cm³/mol. The molecule has 8 heteroatoms. The van der Waals surface area contributed by atoms with Crippen LogP contribution in [0.15, 0.2) is 0 Å². The summed E-state index contributed by atoms with van der Waals surface area (Å²) < 4.78 is 0. The van der Waals surface area contributed by atoms with Gasteiger partial charge in [-0.3, -0.25) is 0 Å². The molecule has 0 amide bonds. The molecule has 0 rings (SSSR count). The van der Waals surface area contributed by atoms with Gasteiger partial charge < -0.3 is 20.4 Å². The van der Waals surface area contributed by atoms with Crippen LogP contribution >= 0.6 is 0 Å². The molecule has 0 aromatic carbocycles. The van der Waals surface area contributed by atoms with E-state index in [-0.39, 0.29) is 0 Å². The average molecular weight is 177 g/mol. The Morgan fingerprint density at radius 3 is 2.17 bits per heavy atom.